The number of hydrogen-bond donors (Lipinski definition) is 7. The van der Waals surface area contributed by atoms with Gasteiger partial charge in [-0.15, -0.1) is 0 Å². The lowest BCUT2D eigenvalue weighted by Crippen LogP contribution is -2.55. The third kappa shape index (κ3) is 9.92. The minimum atomic E-state index is -1.21. The number of aliphatic carboxylic acids is 1. The number of carboxylic acid groups (broad SMARTS) is 1. The number of aromatic hydroxyl groups is 1. The van der Waals surface area contributed by atoms with Crippen LogP contribution < -0.4 is 27.8 Å². The summed E-state index contributed by atoms with van der Waals surface area (Å²) >= 11 is 0. The van der Waals surface area contributed by atoms with E-state index in [2.05, 4.69) is 10.6 Å². The molecule has 3 amide bonds. The van der Waals surface area contributed by atoms with Gasteiger partial charge in [0.25, 0.3) is 0 Å². The first-order chi connectivity index (χ1) is 14.6. The molecule has 0 unspecified atom stereocenters. The summed E-state index contributed by atoms with van der Waals surface area (Å²) in [7, 11) is 0. The molecule has 0 aromatic heterocycles. The highest BCUT2D eigenvalue weighted by Crippen LogP contribution is 2.11. The van der Waals surface area contributed by atoms with Crippen LogP contribution in [0.4, 0.5) is 0 Å². The standard InChI is InChI=1S/C20H31N5O6/c21-10-2-1-3-16(20(30)31)25-19(29)15(8-9-17(23)27)24-18(28)14(22)11-12-4-6-13(26)7-5-12/h4-7,14-16,26H,1-3,8-11,21-22H2,(H2,23,27)(H,24,28)(H,25,29)(H,30,31)/t14-,15-,16-/m0/s1. The largest absolute Gasteiger partial charge is 0.508 e. The summed E-state index contributed by atoms with van der Waals surface area (Å²) in [5, 5.41) is 23.5. The van der Waals surface area contributed by atoms with Gasteiger partial charge in [-0.05, 0) is 56.3 Å². The number of phenolic OH excluding ortho intramolecular Hbond substituents is 1. The molecule has 0 heterocycles. The molecular formula is C20H31N5O6. The molecule has 0 aliphatic carbocycles. The summed E-state index contributed by atoms with van der Waals surface area (Å²) < 4.78 is 0. The normalized spacial score (nSPS) is 13.6. The van der Waals surface area contributed by atoms with Gasteiger partial charge in [0.15, 0.2) is 0 Å². The molecule has 0 bridgehead atoms. The molecule has 0 saturated heterocycles. The lowest BCUT2D eigenvalue weighted by Gasteiger charge is -2.22. The molecule has 10 N–H and O–H groups in total. The van der Waals surface area contributed by atoms with Crippen LogP contribution in [0.3, 0.4) is 0 Å². The Morgan fingerprint density at radius 3 is 2.10 bits per heavy atom. The van der Waals surface area contributed by atoms with E-state index in [4.69, 9.17) is 17.2 Å². The number of unbranched alkanes of at least 4 members (excludes halogenated alkanes) is 1. The van der Waals surface area contributed by atoms with Crippen LogP contribution >= 0.6 is 0 Å². The average Bonchev–Trinajstić information content (AvgIpc) is 2.71. The van der Waals surface area contributed by atoms with Crippen molar-refractivity contribution in [2.45, 2.75) is 56.7 Å². The van der Waals surface area contributed by atoms with E-state index in [1.165, 1.54) is 12.1 Å². The van der Waals surface area contributed by atoms with Crippen molar-refractivity contribution in [3.05, 3.63) is 29.8 Å². The quantitative estimate of drug-likeness (QED) is 0.174. The van der Waals surface area contributed by atoms with E-state index in [1.54, 1.807) is 12.1 Å². The molecule has 31 heavy (non-hydrogen) atoms. The third-order valence-corrected chi connectivity index (χ3v) is 4.60. The molecule has 0 aliphatic heterocycles. The zero-order valence-electron chi connectivity index (χ0n) is 17.3. The maximum absolute atomic E-state index is 12.6. The molecule has 3 atom stereocenters. The molecule has 0 saturated carbocycles. The molecule has 0 spiro atoms. The topological polar surface area (TPSA) is 211 Å². The van der Waals surface area contributed by atoms with Crippen LogP contribution in [-0.4, -0.2) is 58.6 Å². The highest BCUT2D eigenvalue weighted by Gasteiger charge is 2.28. The Labute approximate surface area is 180 Å². The number of carbonyl (C=O) groups excluding carboxylic acids is 3. The van der Waals surface area contributed by atoms with Crippen molar-refractivity contribution in [1.82, 2.24) is 10.6 Å². The summed E-state index contributed by atoms with van der Waals surface area (Å²) in [6.07, 6.45) is 1.14. The van der Waals surface area contributed by atoms with Crippen LogP contribution in [0.5, 0.6) is 5.75 Å². The minimum Gasteiger partial charge on any atom is -0.508 e. The molecule has 11 nitrogen and oxygen atoms in total. The molecule has 0 fully saturated rings. The van der Waals surface area contributed by atoms with E-state index in [0.717, 1.165) is 0 Å². The Bertz CT molecular complexity index is 755. The number of amides is 3. The highest BCUT2D eigenvalue weighted by molar-refractivity contribution is 5.92. The Kier molecular flexibility index (Phi) is 11.0. The molecular weight excluding hydrogens is 406 g/mol. The van der Waals surface area contributed by atoms with Crippen LogP contribution in [0, 0.1) is 0 Å². The van der Waals surface area contributed by atoms with Crippen LogP contribution in [0.15, 0.2) is 24.3 Å². The number of phenols is 1. The number of carbonyl (C=O) groups is 4. The number of benzene rings is 1. The van der Waals surface area contributed by atoms with Crippen LogP contribution in [0.2, 0.25) is 0 Å². The first-order valence-electron chi connectivity index (χ1n) is 9.99. The average molecular weight is 437 g/mol. The second-order valence-electron chi connectivity index (χ2n) is 7.23. The van der Waals surface area contributed by atoms with E-state index >= 15 is 0 Å². The van der Waals surface area contributed by atoms with Gasteiger partial charge in [0.2, 0.25) is 17.7 Å². The van der Waals surface area contributed by atoms with Crippen molar-refractivity contribution in [2.24, 2.45) is 17.2 Å². The number of nitrogens with one attached hydrogen (secondary N) is 2. The Balaban J connectivity index is 2.79. The predicted octanol–water partition coefficient (Wildman–Crippen LogP) is -1.29. The van der Waals surface area contributed by atoms with Gasteiger partial charge in [-0.3, -0.25) is 14.4 Å². The maximum atomic E-state index is 12.6. The first-order valence-corrected chi connectivity index (χ1v) is 9.99. The number of hydrogen-bond acceptors (Lipinski definition) is 7. The van der Waals surface area contributed by atoms with Crippen molar-refractivity contribution >= 4 is 23.7 Å². The zero-order valence-corrected chi connectivity index (χ0v) is 17.3. The van der Waals surface area contributed by atoms with Gasteiger partial charge in [-0.2, -0.15) is 0 Å². The zero-order chi connectivity index (χ0) is 23.4. The van der Waals surface area contributed by atoms with Crippen molar-refractivity contribution in [2.75, 3.05) is 6.54 Å². The third-order valence-electron chi connectivity index (χ3n) is 4.60. The van der Waals surface area contributed by atoms with Gasteiger partial charge in [-0.1, -0.05) is 12.1 Å². The van der Waals surface area contributed by atoms with E-state index in [9.17, 15) is 29.4 Å². The minimum absolute atomic E-state index is 0.0735. The molecule has 1 rings (SSSR count). The van der Waals surface area contributed by atoms with Gasteiger partial charge < -0.3 is 38.0 Å². The Morgan fingerprint density at radius 2 is 1.55 bits per heavy atom. The Morgan fingerprint density at radius 1 is 0.935 bits per heavy atom. The van der Waals surface area contributed by atoms with E-state index < -0.39 is 41.8 Å². The fraction of sp³-hybridized carbons (Fsp3) is 0.500. The van der Waals surface area contributed by atoms with Gasteiger partial charge in [0, 0.05) is 6.42 Å². The van der Waals surface area contributed by atoms with Crippen LogP contribution in [-0.2, 0) is 25.6 Å². The van der Waals surface area contributed by atoms with Gasteiger partial charge in [0.05, 0.1) is 6.04 Å². The maximum Gasteiger partial charge on any atom is 0.326 e. The van der Waals surface area contributed by atoms with Gasteiger partial charge in [0.1, 0.15) is 17.8 Å². The second-order valence-corrected chi connectivity index (χ2v) is 7.23. The molecule has 1 aromatic rings. The van der Waals surface area contributed by atoms with E-state index in [1.807, 2.05) is 0 Å². The Hall–Kier alpha value is -3.18. The second kappa shape index (κ2) is 13.2. The molecule has 172 valence electrons. The SMILES string of the molecule is NCCCC[C@H](NC(=O)[C@H](CCC(N)=O)NC(=O)[C@@H](N)Cc1ccc(O)cc1)C(=O)O. The number of carboxylic acids is 1. The monoisotopic (exact) mass is 437 g/mol. The fourth-order valence-corrected chi connectivity index (χ4v) is 2.84. The summed E-state index contributed by atoms with van der Waals surface area (Å²) in [6.45, 7) is 0.399. The lowest BCUT2D eigenvalue weighted by atomic mass is 10.0. The first kappa shape index (κ1) is 25.9. The van der Waals surface area contributed by atoms with E-state index in [-0.39, 0.29) is 31.4 Å². The number of primary amides is 1. The van der Waals surface area contributed by atoms with Crippen LogP contribution in [0.25, 0.3) is 0 Å². The number of nitrogens with two attached hydrogens (primary N) is 3. The summed E-state index contributed by atoms with van der Waals surface area (Å²) in [5.41, 5.74) is 17.2. The molecule has 1 aromatic carbocycles. The lowest BCUT2D eigenvalue weighted by molar-refractivity contribution is -0.142. The number of rotatable bonds is 14. The summed E-state index contributed by atoms with van der Waals surface area (Å²) in [6, 6.07) is 2.80. The van der Waals surface area contributed by atoms with Crippen molar-refractivity contribution in [1.29, 1.82) is 0 Å². The van der Waals surface area contributed by atoms with Crippen molar-refractivity contribution in [3.63, 3.8) is 0 Å². The smallest absolute Gasteiger partial charge is 0.326 e. The van der Waals surface area contributed by atoms with Gasteiger partial charge >= 0.3 is 5.97 Å². The predicted molar refractivity (Wildman–Crippen MR) is 113 cm³/mol. The molecule has 11 heteroatoms. The van der Waals surface area contributed by atoms with Crippen molar-refractivity contribution in [3.8, 4) is 5.75 Å². The summed E-state index contributed by atoms with van der Waals surface area (Å²) in [5.74, 6) is -3.20. The summed E-state index contributed by atoms with van der Waals surface area (Å²) in [4.78, 5) is 47.7. The van der Waals surface area contributed by atoms with Gasteiger partial charge in [-0.25, -0.2) is 4.79 Å². The molecule has 0 radical (unpaired) electrons. The fourth-order valence-electron chi connectivity index (χ4n) is 2.84. The van der Waals surface area contributed by atoms with Crippen molar-refractivity contribution < 1.29 is 29.4 Å². The highest BCUT2D eigenvalue weighted by atomic mass is 16.4. The molecule has 0 aliphatic rings. The van der Waals surface area contributed by atoms with Crippen LogP contribution in [0.1, 0.15) is 37.7 Å². The van der Waals surface area contributed by atoms with E-state index in [0.29, 0.717) is 24.9 Å².